The van der Waals surface area contributed by atoms with Gasteiger partial charge >= 0.3 is 0 Å². The van der Waals surface area contributed by atoms with Crippen molar-refractivity contribution in [3.8, 4) is 0 Å². The lowest BCUT2D eigenvalue weighted by atomic mass is 10.0. The van der Waals surface area contributed by atoms with Gasteiger partial charge in [0, 0.05) is 11.9 Å². The van der Waals surface area contributed by atoms with E-state index < -0.39 is 0 Å². The number of hydrogen-bond donors (Lipinski definition) is 0. The molecule has 3 rings (SSSR count). The van der Waals surface area contributed by atoms with Crippen molar-refractivity contribution < 1.29 is 4.74 Å². The summed E-state index contributed by atoms with van der Waals surface area (Å²) in [6.07, 6.45) is 6.84. The maximum atomic E-state index is 5.13. The fraction of sp³-hybridized carbons (Fsp3) is 0.647. The molecule has 19 heavy (non-hydrogen) atoms. The number of alkyl halides is 1. The predicted molar refractivity (Wildman–Crippen MR) is 82.6 cm³/mol. The van der Waals surface area contributed by atoms with Crippen LogP contribution in [0.2, 0.25) is 0 Å². The zero-order valence-electron chi connectivity index (χ0n) is 11.6. The van der Waals surface area contributed by atoms with Gasteiger partial charge in [0.1, 0.15) is 0 Å². The molecule has 0 bridgehead atoms. The van der Waals surface area contributed by atoms with Crippen LogP contribution in [0.4, 0.5) is 0 Å². The zero-order chi connectivity index (χ0) is 13.2. The minimum atomic E-state index is 0.567. The van der Waals surface area contributed by atoms with E-state index in [1.165, 1.54) is 36.8 Å². The van der Waals surface area contributed by atoms with E-state index >= 15 is 0 Å². The smallest absolute Gasteiger partial charge is 0.0502 e. The molecule has 0 spiro atoms. The van der Waals surface area contributed by atoms with Crippen LogP contribution < -0.4 is 0 Å². The molecule has 1 nitrogen and oxygen atoms in total. The van der Waals surface area contributed by atoms with Gasteiger partial charge in [0.2, 0.25) is 0 Å². The average Bonchev–Trinajstić information content (AvgIpc) is 3.19. The number of rotatable bonds is 5. The number of halogens is 1. The molecule has 0 aliphatic heterocycles. The molecule has 0 radical (unpaired) electrons. The van der Waals surface area contributed by atoms with Crippen molar-refractivity contribution in [2.45, 2.75) is 36.9 Å². The summed E-state index contributed by atoms with van der Waals surface area (Å²) >= 11 is 3.96. The molecule has 0 aromatic heterocycles. The van der Waals surface area contributed by atoms with Gasteiger partial charge in [-0.1, -0.05) is 53.0 Å². The first-order valence-corrected chi connectivity index (χ1v) is 8.44. The zero-order valence-corrected chi connectivity index (χ0v) is 13.2. The molecule has 1 aromatic carbocycles. The van der Waals surface area contributed by atoms with Crippen molar-refractivity contribution in [3.05, 3.63) is 35.4 Å². The van der Waals surface area contributed by atoms with Gasteiger partial charge in [-0.15, -0.1) is 0 Å². The third kappa shape index (κ3) is 2.90. The molecule has 2 aliphatic rings. The summed E-state index contributed by atoms with van der Waals surface area (Å²) in [5.74, 6) is 2.91. The van der Waals surface area contributed by atoms with Crippen molar-refractivity contribution in [2.75, 3.05) is 13.7 Å². The van der Waals surface area contributed by atoms with E-state index in [1.807, 2.05) is 0 Å². The summed E-state index contributed by atoms with van der Waals surface area (Å²) in [7, 11) is 1.76. The Labute approximate surface area is 124 Å². The van der Waals surface area contributed by atoms with E-state index in [2.05, 4.69) is 40.2 Å². The fourth-order valence-electron chi connectivity index (χ4n) is 3.79. The number of benzene rings is 1. The maximum Gasteiger partial charge on any atom is 0.0502 e. The predicted octanol–water partition coefficient (Wildman–Crippen LogP) is 4.75. The Morgan fingerprint density at radius 3 is 2.37 bits per heavy atom. The van der Waals surface area contributed by atoms with Gasteiger partial charge in [0.25, 0.3) is 0 Å². The molecule has 2 saturated carbocycles. The fourth-order valence-corrected chi connectivity index (χ4v) is 4.88. The van der Waals surface area contributed by atoms with Gasteiger partial charge in [0.05, 0.1) is 6.61 Å². The van der Waals surface area contributed by atoms with Crippen LogP contribution in [0, 0.1) is 17.8 Å². The summed E-state index contributed by atoms with van der Waals surface area (Å²) in [5, 5.41) is 0. The third-order valence-electron chi connectivity index (χ3n) is 4.95. The lowest BCUT2D eigenvalue weighted by Crippen LogP contribution is -1.98. The van der Waals surface area contributed by atoms with Crippen molar-refractivity contribution >= 4 is 15.9 Å². The van der Waals surface area contributed by atoms with E-state index in [-0.39, 0.29) is 0 Å². The molecule has 0 heterocycles. The van der Waals surface area contributed by atoms with Crippen molar-refractivity contribution in [3.63, 3.8) is 0 Å². The van der Waals surface area contributed by atoms with Crippen LogP contribution in [0.1, 0.15) is 41.6 Å². The minimum Gasteiger partial charge on any atom is -0.384 e. The Morgan fingerprint density at radius 1 is 1.16 bits per heavy atom. The average molecular weight is 323 g/mol. The number of ether oxygens (including phenoxy) is 1. The second-order valence-electron chi connectivity index (χ2n) is 6.08. The Kier molecular flexibility index (Phi) is 4.28. The summed E-state index contributed by atoms with van der Waals surface area (Å²) in [5.41, 5.74) is 2.83. The molecule has 2 aliphatic carbocycles. The largest absolute Gasteiger partial charge is 0.384 e. The summed E-state index contributed by atoms with van der Waals surface area (Å²) < 4.78 is 5.13. The van der Waals surface area contributed by atoms with Crippen LogP contribution in [0.3, 0.4) is 0 Å². The van der Waals surface area contributed by atoms with E-state index in [4.69, 9.17) is 4.74 Å². The first-order chi connectivity index (χ1) is 9.31. The SMILES string of the molecule is COCCc1ccc(C(Br)C2C3CCCCC32)cc1. The van der Waals surface area contributed by atoms with Crippen LogP contribution in [-0.2, 0) is 11.2 Å². The van der Waals surface area contributed by atoms with Crippen LogP contribution in [0.5, 0.6) is 0 Å². The first kappa shape index (κ1) is 13.6. The van der Waals surface area contributed by atoms with Crippen LogP contribution in [0.15, 0.2) is 24.3 Å². The van der Waals surface area contributed by atoms with Crippen molar-refractivity contribution in [1.29, 1.82) is 0 Å². The van der Waals surface area contributed by atoms with E-state index in [0.717, 1.165) is 30.8 Å². The molecule has 2 fully saturated rings. The molecule has 2 heteroatoms. The summed E-state index contributed by atoms with van der Waals surface area (Å²) in [6, 6.07) is 9.12. The second-order valence-corrected chi connectivity index (χ2v) is 7.06. The number of methoxy groups -OCH3 is 1. The molecule has 3 unspecified atom stereocenters. The maximum absolute atomic E-state index is 5.13. The number of fused-ring (bicyclic) bond motifs is 1. The van der Waals surface area contributed by atoms with Crippen LogP contribution in [-0.4, -0.2) is 13.7 Å². The lowest BCUT2D eigenvalue weighted by Gasteiger charge is -2.11. The van der Waals surface area contributed by atoms with Crippen LogP contribution in [0.25, 0.3) is 0 Å². The number of hydrogen-bond acceptors (Lipinski definition) is 1. The highest BCUT2D eigenvalue weighted by atomic mass is 79.9. The normalized spacial score (nSPS) is 30.7. The van der Waals surface area contributed by atoms with Gasteiger partial charge < -0.3 is 4.74 Å². The van der Waals surface area contributed by atoms with Crippen molar-refractivity contribution in [1.82, 2.24) is 0 Å². The molecule has 0 N–H and O–H groups in total. The van der Waals surface area contributed by atoms with Gasteiger partial charge in [-0.2, -0.15) is 0 Å². The highest BCUT2D eigenvalue weighted by Gasteiger charge is 2.53. The molecule has 104 valence electrons. The first-order valence-electron chi connectivity index (χ1n) is 7.53. The van der Waals surface area contributed by atoms with Crippen molar-refractivity contribution in [2.24, 2.45) is 17.8 Å². The Balaban J connectivity index is 1.62. The monoisotopic (exact) mass is 322 g/mol. The quantitative estimate of drug-likeness (QED) is 0.711. The molecule has 0 amide bonds. The minimum absolute atomic E-state index is 0.567. The second kappa shape index (κ2) is 5.97. The highest BCUT2D eigenvalue weighted by molar-refractivity contribution is 9.09. The van der Waals surface area contributed by atoms with Gasteiger partial charge in [-0.25, -0.2) is 0 Å². The van der Waals surface area contributed by atoms with Crippen LogP contribution >= 0.6 is 15.9 Å². The lowest BCUT2D eigenvalue weighted by molar-refractivity contribution is 0.202. The molecular weight excluding hydrogens is 300 g/mol. The van der Waals surface area contributed by atoms with Gasteiger partial charge in [-0.05, 0) is 48.1 Å². The summed E-state index contributed by atoms with van der Waals surface area (Å²) in [6.45, 7) is 0.809. The van der Waals surface area contributed by atoms with Gasteiger partial charge in [-0.3, -0.25) is 0 Å². The molecule has 0 saturated heterocycles. The van der Waals surface area contributed by atoms with E-state index in [0.29, 0.717) is 4.83 Å². The molecular formula is C17H23BrO. The Hall–Kier alpha value is -0.340. The van der Waals surface area contributed by atoms with E-state index in [9.17, 15) is 0 Å². The topological polar surface area (TPSA) is 9.23 Å². The molecule has 3 atom stereocenters. The third-order valence-corrected chi connectivity index (χ3v) is 6.09. The Bertz CT molecular complexity index is 402. The highest BCUT2D eigenvalue weighted by Crippen LogP contribution is 2.62. The molecule has 1 aromatic rings. The Morgan fingerprint density at radius 2 is 1.79 bits per heavy atom. The standard InChI is InChI=1S/C17H23BrO/c1-19-11-10-12-6-8-13(9-7-12)17(18)16-14-4-2-3-5-15(14)16/h6-9,14-17H,2-5,10-11H2,1H3. The van der Waals surface area contributed by atoms with Gasteiger partial charge in [0.15, 0.2) is 0 Å². The van der Waals surface area contributed by atoms with E-state index in [1.54, 1.807) is 7.11 Å². The summed E-state index contributed by atoms with van der Waals surface area (Å²) in [4.78, 5) is 0.567.